The Morgan fingerprint density at radius 2 is 0.681 bits per heavy atom. The van der Waals surface area contributed by atoms with Crippen molar-refractivity contribution in [2.75, 3.05) is 9.80 Å². The molecule has 20 rings (SSSR count). The van der Waals surface area contributed by atoms with E-state index < -0.39 is 203 Å². The van der Waals surface area contributed by atoms with Crippen molar-refractivity contribution in [2.45, 2.75) is 78.6 Å². The topological polar surface area (TPSA) is 55.0 Å². The van der Waals surface area contributed by atoms with Crippen molar-refractivity contribution in [1.82, 2.24) is 24.1 Å². The van der Waals surface area contributed by atoms with Gasteiger partial charge in [-0.25, -0.2) is 15.0 Å². The number of fused-ring (bicyclic) bond motifs is 10. The van der Waals surface area contributed by atoms with Gasteiger partial charge in [-0.1, -0.05) is 329 Å². The van der Waals surface area contributed by atoms with Crippen molar-refractivity contribution in [3.63, 3.8) is 0 Å². The molecule has 0 amide bonds. The number of para-hydroxylation sites is 4. The third-order valence-electron chi connectivity index (χ3n) is 21.6. The molecule has 0 fully saturated rings. The molecule has 113 heavy (non-hydrogen) atoms. The lowest BCUT2D eigenvalue weighted by Crippen LogP contribution is -2.61. The Bertz CT molecular complexity index is 8150. The van der Waals surface area contributed by atoms with Gasteiger partial charge in [-0.3, -0.25) is 0 Å². The third-order valence-corrected chi connectivity index (χ3v) is 21.6. The molecule has 542 valence electrons. The number of aromatic nitrogens is 5. The monoisotopic (exact) mass is 1480 g/mol. The summed E-state index contributed by atoms with van der Waals surface area (Å²) in [7, 11) is 0. The van der Waals surface area contributed by atoms with E-state index in [1.807, 2.05) is 170 Å². The molecule has 0 atom stereocenters. The summed E-state index contributed by atoms with van der Waals surface area (Å²) in [6, 6.07) is 42.6. The lowest BCUT2D eigenvalue weighted by molar-refractivity contribution is 0.569. The van der Waals surface area contributed by atoms with Crippen molar-refractivity contribution in [2.24, 2.45) is 0 Å². The van der Waals surface area contributed by atoms with Gasteiger partial charge in [0.1, 0.15) is 0 Å². The molecule has 8 heteroatoms. The fourth-order valence-electron chi connectivity index (χ4n) is 16.2. The highest BCUT2D eigenvalue weighted by Crippen LogP contribution is 2.54. The van der Waals surface area contributed by atoms with Crippen molar-refractivity contribution < 1.29 is 35.6 Å². The summed E-state index contributed by atoms with van der Waals surface area (Å²) in [5, 5.41) is -0.852. The average Bonchev–Trinajstić information content (AvgIpc) is 1.55. The van der Waals surface area contributed by atoms with E-state index >= 15 is 0 Å². The Morgan fingerprint density at radius 1 is 0.274 bits per heavy atom. The van der Waals surface area contributed by atoms with Crippen molar-refractivity contribution in [1.29, 1.82) is 0 Å². The van der Waals surface area contributed by atoms with E-state index in [9.17, 15) is 24.7 Å². The summed E-state index contributed by atoms with van der Waals surface area (Å²) in [4.78, 5) is 19.2. The number of nitrogens with zero attached hydrogens (tertiary/aromatic N) is 7. The predicted octanol–water partition coefficient (Wildman–Crippen LogP) is 25.7. The van der Waals surface area contributed by atoms with Crippen molar-refractivity contribution >= 4 is 101 Å². The molecular formula is C105H84BN7. The maximum absolute atomic E-state index is 10.3. The smallest absolute Gasteiger partial charge is 0.252 e. The lowest BCUT2D eigenvalue weighted by atomic mass is 9.33. The number of anilines is 6. The maximum atomic E-state index is 10.3. The first-order valence-electron chi connectivity index (χ1n) is 50.4. The highest BCUT2D eigenvalue weighted by molar-refractivity contribution is 7.00. The number of benzene rings is 15. The molecule has 0 N–H and O–H groups in total. The maximum Gasteiger partial charge on any atom is 0.252 e. The Balaban J connectivity index is 1.03. The fourth-order valence-corrected chi connectivity index (χ4v) is 16.2. The van der Waals surface area contributed by atoms with Crippen molar-refractivity contribution in [3.8, 4) is 90.0 Å². The minimum Gasteiger partial charge on any atom is -0.311 e. The van der Waals surface area contributed by atoms with Gasteiger partial charge in [-0.05, 0) is 161 Å². The van der Waals surface area contributed by atoms with E-state index in [1.165, 1.54) is 9.13 Å². The Morgan fingerprint density at radius 3 is 1.18 bits per heavy atom. The molecule has 7 nitrogen and oxygen atoms in total. The minimum atomic E-state index is -1.01. The molecule has 3 aromatic heterocycles. The minimum absolute atomic E-state index is 0.0396. The van der Waals surface area contributed by atoms with Gasteiger partial charge in [-0.2, -0.15) is 0 Å². The summed E-state index contributed by atoms with van der Waals surface area (Å²) in [5.74, 6) is -1.35. The molecule has 0 saturated carbocycles. The van der Waals surface area contributed by atoms with E-state index in [0.29, 0.717) is 83.9 Å². The standard InChI is InChI=1S/C105H84BN7/c1-103(2,3)75-57-74(58-76(61-75)104(4,5)6)73-51-54-87-95(60-73)113(94-66-85(86(105(7,8)9)65-84(94)69-37-19-12-20-38-69)102-108-100(70-39-21-13-22-40-70)107-101(109-102)71-41-23-14-24-42-71)98-64-78(111-91-49-31-27-45-81(91)82-46-28-32-50-92(82)111)63-97-99(98)106(87)88-55-53-77(110-89-47-29-25-43-79(89)80-44-26-30-48-90(80)110)62-96(88)112(97)93-56-52-72(67-33-15-10-16-34-67)59-83(93)68-35-17-11-18-36-68/h10-66H,1-9H3/i13D,14D,21D,22D,23D,24D,25D,26D,27D,28D,29D,30D,31D,32D,39D,40D,41D,42D,43D,44D,45D,46D,47D,48D,49D,50D. The van der Waals surface area contributed by atoms with Crippen LogP contribution in [-0.4, -0.2) is 30.8 Å². The largest absolute Gasteiger partial charge is 0.311 e. The van der Waals surface area contributed by atoms with Gasteiger partial charge in [0.25, 0.3) is 6.71 Å². The van der Waals surface area contributed by atoms with Crippen LogP contribution in [0.25, 0.3) is 134 Å². The van der Waals surface area contributed by atoms with Crippen LogP contribution in [0, 0.1) is 0 Å². The molecule has 0 aliphatic carbocycles. The first kappa shape index (κ1) is 46.3. The van der Waals surface area contributed by atoms with Gasteiger partial charge < -0.3 is 18.9 Å². The van der Waals surface area contributed by atoms with E-state index in [4.69, 9.17) is 25.9 Å². The molecule has 18 aromatic rings. The third kappa shape index (κ3) is 11.8. The number of hydrogen-bond donors (Lipinski definition) is 0. The molecular weight excluding hydrogens is 1370 g/mol. The van der Waals surface area contributed by atoms with Gasteiger partial charge in [0.2, 0.25) is 0 Å². The van der Waals surface area contributed by atoms with Crippen LogP contribution in [0.5, 0.6) is 0 Å². The van der Waals surface area contributed by atoms with Gasteiger partial charge in [-0.15, -0.1) is 0 Å². The normalized spacial score (nSPS) is 16.0. The van der Waals surface area contributed by atoms with E-state index in [1.54, 1.807) is 12.1 Å². The van der Waals surface area contributed by atoms with Crippen LogP contribution in [0.2, 0.25) is 0 Å². The first-order valence-corrected chi connectivity index (χ1v) is 37.4. The second kappa shape index (κ2) is 26.7. The Labute approximate surface area is 698 Å². The van der Waals surface area contributed by atoms with Crippen LogP contribution in [0.4, 0.5) is 34.1 Å². The second-order valence-corrected chi connectivity index (χ2v) is 31.7. The highest BCUT2D eigenvalue weighted by atomic mass is 15.2. The van der Waals surface area contributed by atoms with Gasteiger partial charge in [0.15, 0.2) is 17.5 Å². The molecule has 0 spiro atoms. The zero-order chi connectivity index (χ0) is 99.2. The van der Waals surface area contributed by atoms with Gasteiger partial charge in [0.05, 0.1) is 74.8 Å². The molecule has 0 bridgehead atoms. The van der Waals surface area contributed by atoms with Crippen LogP contribution < -0.4 is 26.2 Å². The zero-order valence-electron chi connectivity index (χ0n) is 89.1. The van der Waals surface area contributed by atoms with E-state index in [2.05, 4.69) is 77.9 Å². The summed E-state index contributed by atoms with van der Waals surface area (Å²) in [5.41, 5.74) is 8.51. The summed E-state index contributed by atoms with van der Waals surface area (Å²) >= 11 is 0. The number of rotatable bonds is 11. The first-order chi connectivity index (χ1) is 65.7. The van der Waals surface area contributed by atoms with Crippen LogP contribution >= 0.6 is 0 Å². The second-order valence-electron chi connectivity index (χ2n) is 31.7. The summed E-state index contributed by atoms with van der Waals surface area (Å²) in [6.07, 6.45) is 0. The quantitative estimate of drug-likeness (QED) is 0.121. The molecule has 0 unspecified atom stereocenters. The summed E-state index contributed by atoms with van der Waals surface area (Å²) in [6.45, 7) is 17.6. The van der Waals surface area contributed by atoms with Crippen molar-refractivity contribution in [3.05, 3.63) is 362 Å². The van der Waals surface area contributed by atoms with Gasteiger partial charge >= 0.3 is 0 Å². The Hall–Kier alpha value is -13.4. The molecule has 0 saturated heterocycles. The predicted molar refractivity (Wildman–Crippen MR) is 477 cm³/mol. The van der Waals surface area contributed by atoms with Crippen LogP contribution in [0.1, 0.15) is 115 Å². The SMILES string of the molecule is [2H]c1c([2H])c([2H])c(-c2nc(-c3cc(N4c5cc(-c6cc(C(C)(C)C)cc(C(C)(C)C)c6)ccc5B5c6ccc(-n7c8c([2H])c([2H])c([2H])c([2H])c8c8c([2H])c([2H])c([2H])c([2H])c87)cc6N(c6ccc(-c7ccccc7)cc6-c6ccccc6)c6cc(-n7c8c([2H])c([2H])c([2H])c([2H])c8c8c([2H])c([2H])c([2H])c([2H])c87)cc4c65)c(-c4ccccc4)cc3C(C)(C)C)nc(-c3c([2H])c([2H])c([2H])c([2H])c3[2H])n2)c([2H])c1[2H]. The molecule has 5 heterocycles. The molecule has 15 aromatic carbocycles. The van der Waals surface area contributed by atoms with E-state index in [-0.39, 0.29) is 66.4 Å². The Kier molecular flexibility index (Phi) is 10.9. The fraction of sp³-hybridized carbons (Fsp3) is 0.114. The van der Waals surface area contributed by atoms with Gasteiger partial charge in [0, 0.05) is 77.8 Å². The average molecular weight is 1480 g/mol. The lowest BCUT2D eigenvalue weighted by Gasteiger charge is -2.45. The summed E-state index contributed by atoms with van der Waals surface area (Å²) < 4.78 is 250. The van der Waals surface area contributed by atoms with Crippen LogP contribution in [0.3, 0.4) is 0 Å². The van der Waals surface area contributed by atoms with Crippen LogP contribution in [0.15, 0.2) is 345 Å². The zero-order valence-corrected chi connectivity index (χ0v) is 63.1. The van der Waals surface area contributed by atoms with Crippen LogP contribution in [-0.2, 0) is 16.2 Å². The van der Waals surface area contributed by atoms with E-state index in [0.717, 1.165) is 27.8 Å². The highest BCUT2D eigenvalue weighted by Gasteiger charge is 2.46. The molecule has 0 radical (unpaired) electrons. The molecule has 2 aliphatic rings. The number of hydrogen-bond acceptors (Lipinski definition) is 5. The molecule has 2 aliphatic heterocycles.